The van der Waals surface area contributed by atoms with E-state index in [0.29, 0.717) is 18.3 Å². The average Bonchev–Trinajstić information content (AvgIpc) is 3.17. The van der Waals surface area contributed by atoms with Crippen molar-refractivity contribution < 1.29 is 9.13 Å². The molecule has 21 heavy (non-hydrogen) atoms. The van der Waals surface area contributed by atoms with E-state index < -0.39 is 5.82 Å². The summed E-state index contributed by atoms with van der Waals surface area (Å²) in [6.07, 6.45) is 2.32. The van der Waals surface area contributed by atoms with Gasteiger partial charge in [-0.3, -0.25) is 0 Å². The molecule has 0 unspecified atom stereocenters. The number of hydrogen-bond donors (Lipinski definition) is 1. The first-order valence-corrected chi connectivity index (χ1v) is 8.13. The van der Waals surface area contributed by atoms with Gasteiger partial charge >= 0.3 is 0 Å². The number of ether oxygens (including phenoxy) is 1. The third-order valence-electron chi connectivity index (χ3n) is 3.61. The molecule has 3 rings (SSSR count). The number of nitrogen functional groups attached to an aromatic ring is 1. The van der Waals surface area contributed by atoms with Crippen LogP contribution in [0.2, 0.25) is 0 Å². The number of nitrogens with two attached hydrogens (primary N) is 1. The Bertz CT molecular complexity index is 611. The second-order valence-electron chi connectivity index (χ2n) is 5.27. The molecule has 0 spiro atoms. The van der Waals surface area contributed by atoms with Crippen LogP contribution in [0.25, 0.3) is 0 Å². The Balaban J connectivity index is 1.93. The van der Waals surface area contributed by atoms with Gasteiger partial charge < -0.3 is 15.4 Å². The standard InChI is InChI=1S/C16H19FN2OS/c1-2-20-16-8-15(14(18)7-13(16)17)19(12-3-4-12)9-11-5-6-21-10-11/h5-8,10,12H,2-4,9,18H2,1H3. The minimum Gasteiger partial charge on any atom is -0.491 e. The third kappa shape index (κ3) is 3.13. The smallest absolute Gasteiger partial charge is 0.167 e. The lowest BCUT2D eigenvalue weighted by Gasteiger charge is -2.26. The first-order chi connectivity index (χ1) is 10.2. The molecule has 0 amide bonds. The topological polar surface area (TPSA) is 38.5 Å². The molecule has 1 saturated carbocycles. The largest absolute Gasteiger partial charge is 0.491 e. The van der Waals surface area contributed by atoms with Crippen LogP contribution in [0, 0.1) is 5.82 Å². The summed E-state index contributed by atoms with van der Waals surface area (Å²) in [5.41, 5.74) is 8.64. The molecule has 1 aliphatic rings. The van der Waals surface area contributed by atoms with Crippen molar-refractivity contribution in [1.29, 1.82) is 0 Å². The van der Waals surface area contributed by atoms with E-state index >= 15 is 0 Å². The quantitative estimate of drug-likeness (QED) is 0.819. The van der Waals surface area contributed by atoms with E-state index in [0.717, 1.165) is 25.1 Å². The van der Waals surface area contributed by atoms with Gasteiger partial charge in [0.25, 0.3) is 0 Å². The molecule has 3 nitrogen and oxygen atoms in total. The molecular formula is C16H19FN2OS. The zero-order valence-corrected chi connectivity index (χ0v) is 12.8. The van der Waals surface area contributed by atoms with E-state index in [2.05, 4.69) is 21.7 Å². The van der Waals surface area contributed by atoms with Crippen molar-refractivity contribution in [3.8, 4) is 5.75 Å². The molecule has 0 radical (unpaired) electrons. The fraction of sp³-hybridized carbons (Fsp3) is 0.375. The minimum absolute atomic E-state index is 0.276. The Kier molecular flexibility index (Phi) is 4.01. The van der Waals surface area contributed by atoms with Gasteiger partial charge in [-0.05, 0) is 42.2 Å². The molecule has 0 saturated heterocycles. The molecule has 1 fully saturated rings. The van der Waals surface area contributed by atoms with E-state index in [4.69, 9.17) is 10.5 Å². The van der Waals surface area contributed by atoms with E-state index in [-0.39, 0.29) is 5.75 Å². The highest BCUT2D eigenvalue weighted by atomic mass is 32.1. The Hall–Kier alpha value is -1.75. The molecule has 1 aromatic heterocycles. The van der Waals surface area contributed by atoms with Crippen LogP contribution in [0.1, 0.15) is 25.3 Å². The summed E-state index contributed by atoms with van der Waals surface area (Å²) in [5.74, 6) is -0.123. The van der Waals surface area contributed by atoms with E-state index in [1.165, 1.54) is 11.6 Å². The fourth-order valence-electron chi connectivity index (χ4n) is 2.45. The van der Waals surface area contributed by atoms with Gasteiger partial charge in [0.05, 0.1) is 18.0 Å². The summed E-state index contributed by atoms with van der Waals surface area (Å²) in [5, 5.41) is 4.21. The van der Waals surface area contributed by atoms with Crippen molar-refractivity contribution in [2.24, 2.45) is 0 Å². The van der Waals surface area contributed by atoms with Gasteiger partial charge in [-0.15, -0.1) is 0 Å². The maximum atomic E-state index is 13.9. The number of hydrogen-bond acceptors (Lipinski definition) is 4. The summed E-state index contributed by atoms with van der Waals surface area (Å²) < 4.78 is 19.2. The normalized spacial score (nSPS) is 14.2. The molecule has 1 heterocycles. The SMILES string of the molecule is CCOc1cc(N(Cc2ccsc2)C2CC2)c(N)cc1F. The Labute approximate surface area is 128 Å². The molecule has 112 valence electrons. The van der Waals surface area contributed by atoms with Crippen molar-refractivity contribution >= 4 is 22.7 Å². The average molecular weight is 306 g/mol. The van der Waals surface area contributed by atoms with Crippen LogP contribution in [-0.4, -0.2) is 12.6 Å². The number of anilines is 2. The molecule has 0 bridgehead atoms. The van der Waals surface area contributed by atoms with Crippen molar-refractivity contribution in [2.45, 2.75) is 32.4 Å². The molecule has 0 aliphatic heterocycles. The summed E-state index contributed by atoms with van der Waals surface area (Å²) in [6.45, 7) is 3.09. The zero-order valence-electron chi connectivity index (χ0n) is 12.0. The van der Waals surface area contributed by atoms with Gasteiger partial charge in [-0.25, -0.2) is 4.39 Å². The summed E-state index contributed by atoms with van der Waals surface area (Å²) in [4.78, 5) is 2.26. The fourth-order valence-corrected chi connectivity index (χ4v) is 3.11. The Morgan fingerprint density at radius 1 is 1.43 bits per heavy atom. The van der Waals surface area contributed by atoms with Gasteiger partial charge in [0.2, 0.25) is 0 Å². The van der Waals surface area contributed by atoms with E-state index in [1.54, 1.807) is 17.4 Å². The molecule has 2 N–H and O–H groups in total. The summed E-state index contributed by atoms with van der Waals surface area (Å²) >= 11 is 1.68. The molecular weight excluding hydrogens is 287 g/mol. The van der Waals surface area contributed by atoms with E-state index in [9.17, 15) is 4.39 Å². The molecule has 0 atom stereocenters. The molecule has 1 aliphatic carbocycles. The summed E-state index contributed by atoms with van der Waals surface area (Å²) in [6, 6.07) is 5.71. The minimum atomic E-state index is -0.399. The highest BCUT2D eigenvalue weighted by Gasteiger charge is 2.31. The number of halogens is 1. The summed E-state index contributed by atoms with van der Waals surface area (Å²) in [7, 11) is 0. The molecule has 1 aromatic carbocycles. The van der Waals surface area contributed by atoms with Crippen LogP contribution >= 0.6 is 11.3 Å². The van der Waals surface area contributed by atoms with Crippen LogP contribution < -0.4 is 15.4 Å². The second kappa shape index (κ2) is 5.93. The first kappa shape index (κ1) is 14.2. The van der Waals surface area contributed by atoms with Crippen LogP contribution in [0.3, 0.4) is 0 Å². The Morgan fingerprint density at radius 3 is 2.86 bits per heavy atom. The van der Waals surface area contributed by atoms with Crippen LogP contribution in [0.15, 0.2) is 29.0 Å². The van der Waals surface area contributed by atoms with Gasteiger partial charge in [0.1, 0.15) is 0 Å². The van der Waals surface area contributed by atoms with Crippen LogP contribution in [0.5, 0.6) is 5.75 Å². The van der Waals surface area contributed by atoms with Crippen molar-refractivity contribution in [3.05, 3.63) is 40.3 Å². The number of nitrogens with zero attached hydrogens (tertiary/aromatic N) is 1. The molecule has 5 heteroatoms. The van der Waals surface area contributed by atoms with Gasteiger partial charge in [-0.2, -0.15) is 11.3 Å². The molecule has 2 aromatic rings. The highest BCUT2D eigenvalue weighted by Crippen LogP contribution is 2.39. The highest BCUT2D eigenvalue weighted by molar-refractivity contribution is 7.07. The van der Waals surface area contributed by atoms with Crippen molar-refractivity contribution in [3.63, 3.8) is 0 Å². The van der Waals surface area contributed by atoms with Crippen molar-refractivity contribution in [1.82, 2.24) is 0 Å². The third-order valence-corrected chi connectivity index (χ3v) is 4.34. The zero-order chi connectivity index (χ0) is 14.8. The maximum absolute atomic E-state index is 13.9. The predicted octanol–water partition coefficient (Wildman–Crippen LogP) is 4.04. The lowest BCUT2D eigenvalue weighted by atomic mass is 10.2. The lowest BCUT2D eigenvalue weighted by Crippen LogP contribution is -2.26. The number of rotatable bonds is 6. The first-order valence-electron chi connectivity index (χ1n) is 7.18. The second-order valence-corrected chi connectivity index (χ2v) is 6.05. The van der Waals surface area contributed by atoms with Gasteiger partial charge in [0, 0.05) is 24.7 Å². The van der Waals surface area contributed by atoms with Crippen molar-refractivity contribution in [2.75, 3.05) is 17.2 Å². The van der Waals surface area contributed by atoms with Gasteiger partial charge in [-0.1, -0.05) is 0 Å². The number of benzene rings is 1. The number of thiophene rings is 1. The predicted molar refractivity (Wildman–Crippen MR) is 85.5 cm³/mol. The lowest BCUT2D eigenvalue weighted by molar-refractivity contribution is 0.321. The maximum Gasteiger partial charge on any atom is 0.167 e. The monoisotopic (exact) mass is 306 g/mol. The Morgan fingerprint density at radius 2 is 2.24 bits per heavy atom. The van der Waals surface area contributed by atoms with Gasteiger partial charge in [0.15, 0.2) is 11.6 Å². The van der Waals surface area contributed by atoms with E-state index in [1.807, 2.05) is 6.92 Å². The van der Waals surface area contributed by atoms with Crippen LogP contribution in [0.4, 0.5) is 15.8 Å². The van der Waals surface area contributed by atoms with Crippen LogP contribution in [-0.2, 0) is 6.54 Å².